The molecule has 2 aliphatic rings. The van der Waals surface area contributed by atoms with Gasteiger partial charge in [0.2, 0.25) is 5.91 Å². The van der Waals surface area contributed by atoms with E-state index in [0.29, 0.717) is 11.5 Å². The standard InChI is InChI=1S/C20H24N4O5S2/c1-5-29-20(26)17-8-14(9-21)18(22-13(17)2)24-10-15(11-24)19(25)23-31(27,28)16-6-7-30(3,4)12-16/h6-8,12,15H,5,10-11H2,1-4H3,(H,23,25). The van der Waals surface area contributed by atoms with E-state index in [4.69, 9.17) is 4.74 Å². The van der Waals surface area contributed by atoms with Crippen LogP contribution >= 0.6 is 10.0 Å². The van der Waals surface area contributed by atoms with Gasteiger partial charge in [0.05, 0.1) is 34.3 Å². The van der Waals surface area contributed by atoms with Crippen LogP contribution in [0.2, 0.25) is 0 Å². The van der Waals surface area contributed by atoms with E-state index in [9.17, 15) is 23.3 Å². The summed E-state index contributed by atoms with van der Waals surface area (Å²) in [5, 5.41) is 13.0. The highest BCUT2D eigenvalue weighted by Crippen LogP contribution is 2.49. The Morgan fingerprint density at radius 3 is 2.61 bits per heavy atom. The molecule has 3 rings (SSSR count). The van der Waals surface area contributed by atoms with Gasteiger partial charge in [-0.1, -0.05) is 0 Å². The number of esters is 1. The Labute approximate surface area is 183 Å². The van der Waals surface area contributed by atoms with E-state index in [1.165, 1.54) is 12.1 Å². The van der Waals surface area contributed by atoms with Gasteiger partial charge in [0.1, 0.15) is 11.9 Å². The molecule has 31 heavy (non-hydrogen) atoms. The Morgan fingerprint density at radius 1 is 1.39 bits per heavy atom. The molecule has 11 heteroatoms. The number of hydrogen-bond acceptors (Lipinski definition) is 8. The molecule has 0 aliphatic carbocycles. The summed E-state index contributed by atoms with van der Waals surface area (Å²) < 4.78 is 32.1. The van der Waals surface area contributed by atoms with E-state index in [1.54, 1.807) is 24.2 Å². The average molecular weight is 465 g/mol. The number of aryl methyl sites for hydroxylation is 1. The maximum Gasteiger partial charge on any atom is 0.340 e. The summed E-state index contributed by atoms with van der Waals surface area (Å²) in [5.41, 5.74) is 0.811. The maximum absolute atomic E-state index is 12.5. The van der Waals surface area contributed by atoms with Crippen molar-refractivity contribution >= 4 is 37.7 Å². The number of nitriles is 1. The molecule has 1 amide bonds. The predicted molar refractivity (Wildman–Crippen MR) is 119 cm³/mol. The molecule has 3 heterocycles. The Hall–Kier alpha value is -2.84. The number of hydrogen-bond donors (Lipinski definition) is 1. The van der Waals surface area contributed by atoms with Gasteiger partial charge in [0.25, 0.3) is 10.0 Å². The molecule has 0 atom stereocenters. The highest BCUT2D eigenvalue weighted by Gasteiger charge is 2.37. The molecule has 0 radical (unpaired) electrons. The highest BCUT2D eigenvalue weighted by atomic mass is 32.3. The Balaban J connectivity index is 1.69. The number of pyridine rings is 1. The van der Waals surface area contributed by atoms with Gasteiger partial charge in [-0.15, -0.1) is 0 Å². The molecule has 0 unspecified atom stereocenters. The van der Waals surface area contributed by atoms with Crippen LogP contribution in [-0.4, -0.2) is 57.5 Å². The first-order chi connectivity index (χ1) is 14.5. The molecule has 1 fully saturated rings. The van der Waals surface area contributed by atoms with Crippen molar-refractivity contribution in [3.05, 3.63) is 44.7 Å². The first kappa shape index (κ1) is 22.8. The third-order valence-corrected chi connectivity index (χ3v) is 8.10. The van der Waals surface area contributed by atoms with Crippen molar-refractivity contribution in [1.29, 1.82) is 5.26 Å². The lowest BCUT2D eigenvalue weighted by Gasteiger charge is -2.39. The van der Waals surface area contributed by atoms with Crippen LogP contribution in [0.3, 0.4) is 0 Å². The third-order valence-electron chi connectivity index (χ3n) is 4.91. The molecule has 0 spiro atoms. The second kappa shape index (κ2) is 8.36. The Kier molecular flexibility index (Phi) is 6.16. The molecule has 0 aromatic carbocycles. The van der Waals surface area contributed by atoms with Gasteiger partial charge in [-0.25, -0.2) is 32.9 Å². The summed E-state index contributed by atoms with van der Waals surface area (Å²) in [4.78, 5) is 30.7. The summed E-state index contributed by atoms with van der Waals surface area (Å²) in [5.74, 6) is -1.35. The van der Waals surface area contributed by atoms with Gasteiger partial charge >= 0.3 is 5.97 Å². The number of rotatable bonds is 6. The van der Waals surface area contributed by atoms with Crippen LogP contribution in [0.1, 0.15) is 28.5 Å². The van der Waals surface area contributed by atoms with Crippen molar-refractivity contribution in [1.82, 2.24) is 9.71 Å². The minimum atomic E-state index is -3.92. The Bertz CT molecular complexity index is 1140. The van der Waals surface area contributed by atoms with E-state index in [2.05, 4.69) is 9.71 Å². The highest BCUT2D eigenvalue weighted by molar-refractivity contribution is 8.37. The van der Waals surface area contributed by atoms with Crippen molar-refractivity contribution in [3.63, 3.8) is 0 Å². The monoisotopic (exact) mass is 464 g/mol. The number of anilines is 1. The number of amides is 1. The van der Waals surface area contributed by atoms with Crippen LogP contribution in [0.4, 0.5) is 5.82 Å². The number of aromatic nitrogens is 1. The van der Waals surface area contributed by atoms with Crippen LogP contribution in [0, 0.1) is 24.2 Å². The number of sulfonamides is 1. The summed E-state index contributed by atoms with van der Waals surface area (Å²) in [6, 6.07) is 3.44. The second-order valence-corrected chi connectivity index (χ2v) is 12.9. The number of allylic oxidation sites excluding steroid dienone is 1. The molecule has 1 aromatic heterocycles. The van der Waals surface area contributed by atoms with E-state index in [1.807, 2.05) is 24.0 Å². The Morgan fingerprint density at radius 2 is 2.06 bits per heavy atom. The van der Waals surface area contributed by atoms with Crippen LogP contribution in [0.25, 0.3) is 0 Å². The maximum atomic E-state index is 12.5. The molecule has 2 aliphatic heterocycles. The molecule has 1 N–H and O–H groups in total. The molecule has 0 bridgehead atoms. The quantitative estimate of drug-likeness (QED) is 0.631. The summed E-state index contributed by atoms with van der Waals surface area (Å²) in [7, 11) is -5.17. The normalized spacial score (nSPS) is 18.5. The fourth-order valence-corrected chi connectivity index (χ4v) is 6.58. The number of carbonyl (C=O) groups is 2. The first-order valence-electron chi connectivity index (χ1n) is 9.51. The minimum absolute atomic E-state index is 0.107. The van der Waals surface area contributed by atoms with Crippen molar-refractivity contribution in [2.24, 2.45) is 5.92 Å². The largest absolute Gasteiger partial charge is 0.462 e. The lowest BCUT2D eigenvalue weighted by molar-refractivity contribution is -0.123. The number of ether oxygens (including phenoxy) is 1. The molecule has 0 saturated carbocycles. The van der Waals surface area contributed by atoms with E-state index < -0.39 is 37.8 Å². The van der Waals surface area contributed by atoms with E-state index in [-0.39, 0.29) is 35.7 Å². The zero-order valence-corrected chi connectivity index (χ0v) is 19.3. The minimum Gasteiger partial charge on any atom is -0.462 e. The zero-order valence-electron chi connectivity index (χ0n) is 17.7. The van der Waals surface area contributed by atoms with E-state index in [0.717, 1.165) is 0 Å². The van der Waals surface area contributed by atoms with Gasteiger partial charge < -0.3 is 9.64 Å². The third kappa shape index (κ3) is 4.75. The average Bonchev–Trinajstić information content (AvgIpc) is 3.01. The molecule has 1 saturated heterocycles. The molecular formula is C20H24N4O5S2. The summed E-state index contributed by atoms with van der Waals surface area (Å²) >= 11 is 0. The molecular weight excluding hydrogens is 440 g/mol. The van der Waals surface area contributed by atoms with Gasteiger partial charge in [-0.2, -0.15) is 5.26 Å². The number of nitrogens with one attached hydrogen (secondary N) is 1. The van der Waals surface area contributed by atoms with Gasteiger partial charge in [0.15, 0.2) is 0 Å². The zero-order chi connectivity index (χ0) is 23.0. The van der Waals surface area contributed by atoms with Crippen LogP contribution < -0.4 is 9.62 Å². The second-order valence-electron chi connectivity index (χ2n) is 7.71. The topological polar surface area (TPSA) is 129 Å². The van der Waals surface area contributed by atoms with Crippen molar-refractivity contribution in [2.45, 2.75) is 13.8 Å². The van der Waals surface area contributed by atoms with Crippen LogP contribution in [0.15, 0.2) is 27.9 Å². The molecule has 166 valence electrons. The van der Waals surface area contributed by atoms with Crippen molar-refractivity contribution in [2.75, 3.05) is 37.1 Å². The van der Waals surface area contributed by atoms with Crippen LogP contribution in [0.5, 0.6) is 0 Å². The fraction of sp³-hybridized carbons (Fsp3) is 0.400. The fourth-order valence-electron chi connectivity index (χ4n) is 3.20. The summed E-state index contributed by atoms with van der Waals surface area (Å²) in [6.45, 7) is 3.96. The number of carbonyl (C=O) groups excluding carboxylic acids is 2. The van der Waals surface area contributed by atoms with Gasteiger partial charge in [0, 0.05) is 13.1 Å². The smallest absolute Gasteiger partial charge is 0.340 e. The lowest BCUT2D eigenvalue weighted by Crippen LogP contribution is -2.55. The number of nitrogens with zero attached hydrogens (tertiary/aromatic N) is 3. The van der Waals surface area contributed by atoms with E-state index >= 15 is 0 Å². The van der Waals surface area contributed by atoms with Crippen molar-refractivity contribution in [3.8, 4) is 6.07 Å². The van der Waals surface area contributed by atoms with Crippen LogP contribution in [-0.2, 0) is 19.6 Å². The van der Waals surface area contributed by atoms with Gasteiger partial charge in [-0.3, -0.25) is 4.79 Å². The first-order valence-corrected chi connectivity index (χ1v) is 13.6. The predicted octanol–water partition coefficient (Wildman–Crippen LogP) is 1.75. The van der Waals surface area contributed by atoms with Crippen molar-refractivity contribution < 1.29 is 22.7 Å². The molecule has 9 nitrogen and oxygen atoms in total. The lowest BCUT2D eigenvalue weighted by atomic mass is 9.98. The summed E-state index contributed by atoms with van der Waals surface area (Å²) in [6.07, 6.45) is 5.42. The van der Waals surface area contributed by atoms with Gasteiger partial charge in [-0.05, 0) is 49.3 Å². The molecule has 1 aromatic rings. The SMILES string of the molecule is CCOC(=O)c1cc(C#N)c(N2CC(C(=O)NS(=O)(=O)C3=CS(C)(C)C=C3)C2)nc1C.